The maximum absolute atomic E-state index is 5.67. The summed E-state index contributed by atoms with van der Waals surface area (Å²) in [6, 6.07) is 0. The third-order valence-corrected chi connectivity index (χ3v) is 7.89. The minimum atomic E-state index is -1.84. The Morgan fingerprint density at radius 1 is 1.00 bits per heavy atom. The molecule has 0 spiro atoms. The predicted octanol–water partition coefficient (Wildman–Crippen LogP) is 2.69. The smallest absolute Gasteiger partial charge is 0.343 e. The Hall–Kier alpha value is 0.137. The van der Waals surface area contributed by atoms with Crippen molar-refractivity contribution in [2.75, 3.05) is 14.2 Å². The van der Waals surface area contributed by atoms with Gasteiger partial charge in [0.2, 0.25) is 0 Å². The van der Waals surface area contributed by atoms with E-state index in [1.807, 2.05) is 14.2 Å². The molecule has 3 heteroatoms. The SMILES string of the molecule is CO[Si]1(OC)C(C)CCCC1C. The van der Waals surface area contributed by atoms with Gasteiger partial charge in [-0.3, -0.25) is 0 Å². The summed E-state index contributed by atoms with van der Waals surface area (Å²) in [5, 5.41) is 0. The minimum Gasteiger partial charge on any atom is -0.397 e. The molecule has 2 unspecified atom stereocenters. The van der Waals surface area contributed by atoms with Crippen molar-refractivity contribution in [1.82, 2.24) is 0 Å². The second-order valence-corrected chi connectivity index (χ2v) is 8.09. The highest BCUT2D eigenvalue weighted by Gasteiger charge is 2.48. The highest BCUT2D eigenvalue weighted by molar-refractivity contribution is 6.70. The zero-order chi connectivity index (χ0) is 9.19. The number of rotatable bonds is 2. The molecule has 1 aliphatic heterocycles. The molecule has 0 N–H and O–H groups in total. The molecule has 1 fully saturated rings. The number of hydrogen-bond acceptors (Lipinski definition) is 2. The standard InChI is InChI=1S/C9H20O2Si/c1-8-6-5-7-9(2)12(8,10-3)11-4/h8-9H,5-7H2,1-4H3. The van der Waals surface area contributed by atoms with Crippen molar-refractivity contribution in [2.45, 2.75) is 44.2 Å². The van der Waals surface area contributed by atoms with E-state index in [1.165, 1.54) is 19.3 Å². The van der Waals surface area contributed by atoms with Gasteiger partial charge >= 0.3 is 8.56 Å². The van der Waals surface area contributed by atoms with Crippen molar-refractivity contribution < 1.29 is 8.85 Å². The third-order valence-electron chi connectivity index (χ3n) is 3.29. The summed E-state index contributed by atoms with van der Waals surface area (Å²) in [6.07, 6.45) is 3.89. The van der Waals surface area contributed by atoms with Gasteiger partial charge in [-0.2, -0.15) is 0 Å². The van der Waals surface area contributed by atoms with Crippen LogP contribution in [0, 0.1) is 0 Å². The van der Waals surface area contributed by atoms with E-state index in [2.05, 4.69) is 13.8 Å². The molecule has 2 nitrogen and oxygen atoms in total. The summed E-state index contributed by atoms with van der Waals surface area (Å²) in [5.41, 5.74) is 1.30. The van der Waals surface area contributed by atoms with E-state index in [9.17, 15) is 0 Å². The molecule has 0 aromatic heterocycles. The van der Waals surface area contributed by atoms with E-state index in [0.29, 0.717) is 11.1 Å². The van der Waals surface area contributed by atoms with Gasteiger partial charge in [0.25, 0.3) is 0 Å². The van der Waals surface area contributed by atoms with Crippen LogP contribution >= 0.6 is 0 Å². The summed E-state index contributed by atoms with van der Waals surface area (Å²) < 4.78 is 11.3. The molecule has 2 atom stereocenters. The highest BCUT2D eigenvalue weighted by Crippen LogP contribution is 2.44. The van der Waals surface area contributed by atoms with E-state index in [-0.39, 0.29) is 0 Å². The Morgan fingerprint density at radius 3 is 1.67 bits per heavy atom. The molecule has 0 radical (unpaired) electrons. The lowest BCUT2D eigenvalue weighted by Crippen LogP contribution is -2.49. The molecule has 1 rings (SSSR count). The molecular weight excluding hydrogens is 168 g/mol. The predicted molar refractivity (Wildman–Crippen MR) is 52.5 cm³/mol. The van der Waals surface area contributed by atoms with Crippen LogP contribution in [0.4, 0.5) is 0 Å². The topological polar surface area (TPSA) is 18.5 Å². The van der Waals surface area contributed by atoms with Gasteiger partial charge in [0, 0.05) is 25.3 Å². The van der Waals surface area contributed by atoms with Crippen molar-refractivity contribution in [1.29, 1.82) is 0 Å². The Morgan fingerprint density at radius 2 is 1.42 bits per heavy atom. The van der Waals surface area contributed by atoms with Crippen LogP contribution in [0.5, 0.6) is 0 Å². The van der Waals surface area contributed by atoms with Crippen LogP contribution in [-0.2, 0) is 8.85 Å². The summed E-state index contributed by atoms with van der Waals surface area (Å²) in [7, 11) is 1.79. The van der Waals surface area contributed by atoms with E-state index in [4.69, 9.17) is 8.85 Å². The van der Waals surface area contributed by atoms with Gasteiger partial charge in [0.15, 0.2) is 0 Å². The molecule has 12 heavy (non-hydrogen) atoms. The lowest BCUT2D eigenvalue weighted by atomic mass is 10.1. The third kappa shape index (κ3) is 1.45. The van der Waals surface area contributed by atoms with Gasteiger partial charge < -0.3 is 8.85 Å². The minimum absolute atomic E-state index is 0.649. The fourth-order valence-electron chi connectivity index (χ4n) is 2.51. The Balaban J connectivity index is 2.77. The van der Waals surface area contributed by atoms with Crippen molar-refractivity contribution in [2.24, 2.45) is 0 Å². The molecule has 0 aliphatic carbocycles. The average molecular weight is 188 g/mol. The second-order valence-electron chi connectivity index (χ2n) is 3.86. The molecule has 0 amide bonds. The van der Waals surface area contributed by atoms with Crippen LogP contribution in [-0.4, -0.2) is 22.8 Å². The number of hydrogen-bond donors (Lipinski definition) is 0. The first-order valence-corrected chi connectivity index (χ1v) is 6.74. The molecule has 1 aliphatic rings. The first-order valence-electron chi connectivity index (χ1n) is 4.77. The summed E-state index contributed by atoms with van der Waals surface area (Å²) in [5.74, 6) is 0. The van der Waals surface area contributed by atoms with Gasteiger partial charge in [-0.05, 0) is 12.8 Å². The zero-order valence-corrected chi connectivity index (χ0v) is 9.59. The fraction of sp³-hybridized carbons (Fsp3) is 1.00. The normalized spacial score (nSPS) is 35.0. The lowest BCUT2D eigenvalue weighted by Gasteiger charge is -2.41. The average Bonchev–Trinajstić information content (AvgIpc) is 2.06. The van der Waals surface area contributed by atoms with Crippen LogP contribution in [0.25, 0.3) is 0 Å². The van der Waals surface area contributed by atoms with E-state index >= 15 is 0 Å². The van der Waals surface area contributed by atoms with Crippen molar-refractivity contribution in [3.8, 4) is 0 Å². The van der Waals surface area contributed by atoms with Gasteiger partial charge in [0.1, 0.15) is 0 Å². The largest absolute Gasteiger partial charge is 0.397 e. The Bertz CT molecular complexity index is 133. The quantitative estimate of drug-likeness (QED) is 0.620. The van der Waals surface area contributed by atoms with Gasteiger partial charge in [-0.15, -0.1) is 0 Å². The van der Waals surface area contributed by atoms with Crippen LogP contribution < -0.4 is 0 Å². The maximum Gasteiger partial charge on any atom is 0.343 e. The van der Waals surface area contributed by atoms with E-state index in [0.717, 1.165) is 0 Å². The molecule has 0 saturated carbocycles. The molecule has 0 aromatic rings. The fourth-order valence-corrected chi connectivity index (χ4v) is 6.47. The van der Waals surface area contributed by atoms with Crippen LogP contribution in [0.15, 0.2) is 0 Å². The first-order chi connectivity index (χ1) is 5.67. The summed E-state index contributed by atoms with van der Waals surface area (Å²) in [6.45, 7) is 4.55. The van der Waals surface area contributed by atoms with E-state index < -0.39 is 8.56 Å². The highest BCUT2D eigenvalue weighted by atomic mass is 28.4. The molecule has 72 valence electrons. The Kier molecular flexibility index (Phi) is 3.32. The van der Waals surface area contributed by atoms with Gasteiger partial charge in [-0.1, -0.05) is 20.3 Å². The zero-order valence-electron chi connectivity index (χ0n) is 8.59. The van der Waals surface area contributed by atoms with Gasteiger partial charge in [-0.25, -0.2) is 0 Å². The van der Waals surface area contributed by atoms with Crippen LogP contribution in [0.2, 0.25) is 11.1 Å². The molecule has 1 saturated heterocycles. The maximum atomic E-state index is 5.67. The van der Waals surface area contributed by atoms with Crippen molar-refractivity contribution in [3.05, 3.63) is 0 Å². The van der Waals surface area contributed by atoms with Crippen LogP contribution in [0.1, 0.15) is 33.1 Å². The van der Waals surface area contributed by atoms with E-state index in [1.54, 1.807) is 0 Å². The summed E-state index contributed by atoms with van der Waals surface area (Å²) >= 11 is 0. The Labute approximate surface area is 76.5 Å². The first kappa shape index (κ1) is 10.2. The van der Waals surface area contributed by atoms with Gasteiger partial charge in [0.05, 0.1) is 0 Å². The molecule has 0 bridgehead atoms. The van der Waals surface area contributed by atoms with Crippen molar-refractivity contribution in [3.63, 3.8) is 0 Å². The second kappa shape index (κ2) is 3.90. The monoisotopic (exact) mass is 188 g/mol. The van der Waals surface area contributed by atoms with Crippen molar-refractivity contribution >= 4 is 8.56 Å². The molecule has 0 aromatic carbocycles. The molecular formula is C9H20O2Si. The lowest BCUT2D eigenvalue weighted by molar-refractivity contribution is 0.203. The van der Waals surface area contributed by atoms with Crippen LogP contribution in [0.3, 0.4) is 0 Å². The molecule has 1 heterocycles. The summed E-state index contributed by atoms with van der Waals surface area (Å²) in [4.78, 5) is 0.